The van der Waals surface area contributed by atoms with Crippen molar-refractivity contribution in [2.24, 2.45) is 16.8 Å². The fourth-order valence-electron chi connectivity index (χ4n) is 5.90. The average molecular weight is 500 g/mol. The summed E-state index contributed by atoms with van der Waals surface area (Å²) >= 11 is 0. The number of hydrogen-bond acceptors (Lipinski definition) is 5. The third-order valence-electron chi connectivity index (χ3n) is 7.95. The van der Waals surface area contributed by atoms with Gasteiger partial charge < -0.3 is 10.4 Å². The summed E-state index contributed by atoms with van der Waals surface area (Å²) in [6.07, 6.45) is 7.05. The van der Waals surface area contributed by atoms with E-state index >= 15 is 0 Å². The van der Waals surface area contributed by atoms with Crippen molar-refractivity contribution in [2.75, 3.05) is 13.1 Å². The summed E-state index contributed by atoms with van der Waals surface area (Å²) < 4.78 is 41.4. The summed E-state index contributed by atoms with van der Waals surface area (Å²) in [6, 6.07) is 12.2. The molecule has 8 heteroatoms. The number of hydrogen-bond donors (Lipinski definition) is 3. The Labute approximate surface area is 207 Å². The number of aliphatic hydroxyl groups excluding tert-OH is 1. The van der Waals surface area contributed by atoms with Gasteiger partial charge in [0.05, 0.1) is 18.5 Å². The van der Waals surface area contributed by atoms with Crippen molar-refractivity contribution in [3.8, 4) is 0 Å². The van der Waals surface area contributed by atoms with E-state index < -0.39 is 15.8 Å². The van der Waals surface area contributed by atoms with Gasteiger partial charge in [0.25, 0.3) is 0 Å². The van der Waals surface area contributed by atoms with Crippen LogP contribution < -0.4 is 10.0 Å². The van der Waals surface area contributed by atoms with E-state index in [1.165, 1.54) is 35.4 Å². The SMILES string of the molecule is O=S(=O)(NCC1CCC(CNC2=N[C@@H]3CCc4cc(CO)ccc4[C@@H]3C2)CC1)c1ccccc1F. The molecule has 5 rings (SSSR count). The Morgan fingerprint density at radius 3 is 2.49 bits per heavy atom. The van der Waals surface area contributed by atoms with E-state index in [0.717, 1.165) is 62.9 Å². The second-order valence-electron chi connectivity index (χ2n) is 10.2. The molecule has 0 amide bonds. The lowest BCUT2D eigenvalue weighted by molar-refractivity contribution is 0.275. The molecule has 1 saturated carbocycles. The van der Waals surface area contributed by atoms with Gasteiger partial charge in [-0.2, -0.15) is 0 Å². The Morgan fingerprint density at radius 1 is 1.00 bits per heavy atom. The highest BCUT2D eigenvalue weighted by molar-refractivity contribution is 7.89. The molecular weight excluding hydrogens is 465 g/mol. The van der Waals surface area contributed by atoms with Gasteiger partial charge in [-0.05, 0) is 79.2 Å². The van der Waals surface area contributed by atoms with Crippen LogP contribution in [0.4, 0.5) is 4.39 Å². The van der Waals surface area contributed by atoms with Crippen LogP contribution in [0.3, 0.4) is 0 Å². The average Bonchev–Trinajstić information content (AvgIpc) is 3.30. The van der Waals surface area contributed by atoms with Gasteiger partial charge in [0, 0.05) is 25.4 Å². The number of nitrogens with one attached hydrogen (secondary N) is 2. The van der Waals surface area contributed by atoms with E-state index in [-0.39, 0.29) is 17.4 Å². The molecule has 3 N–H and O–H groups in total. The number of rotatable bonds is 7. The zero-order valence-corrected chi connectivity index (χ0v) is 20.7. The molecule has 1 aliphatic heterocycles. The van der Waals surface area contributed by atoms with Crippen LogP contribution in [0, 0.1) is 17.7 Å². The molecule has 35 heavy (non-hydrogen) atoms. The minimum Gasteiger partial charge on any atom is -0.392 e. The van der Waals surface area contributed by atoms with Crippen LogP contribution in [0.25, 0.3) is 0 Å². The van der Waals surface area contributed by atoms with Crippen molar-refractivity contribution in [3.63, 3.8) is 0 Å². The smallest absolute Gasteiger partial charge is 0.243 e. The fraction of sp³-hybridized carbons (Fsp3) is 0.519. The zero-order chi connectivity index (χ0) is 24.4. The molecule has 2 atom stereocenters. The molecule has 188 valence electrons. The fourth-order valence-corrected chi connectivity index (χ4v) is 7.09. The van der Waals surface area contributed by atoms with Crippen LogP contribution in [-0.2, 0) is 23.1 Å². The van der Waals surface area contributed by atoms with Gasteiger partial charge in [-0.25, -0.2) is 17.5 Å². The Hall–Kier alpha value is -2.29. The third kappa shape index (κ3) is 5.44. The Kier molecular flexibility index (Phi) is 7.23. The number of aliphatic imine (C=N–C) groups is 1. The van der Waals surface area contributed by atoms with Crippen LogP contribution in [0.15, 0.2) is 52.4 Å². The standard InChI is InChI=1S/C27H34FN3O3S/c28-24-3-1-2-4-26(24)35(33,34)30-16-19-7-5-18(6-8-19)15-29-27-14-23-22-11-9-20(17-32)13-21(22)10-12-25(23)31-27/h1-4,9,11,13,18-19,23,25,30,32H,5-8,10,12,14-17H2,(H,29,31)/t18?,19?,23-,25+/m0/s1. The van der Waals surface area contributed by atoms with E-state index in [4.69, 9.17) is 4.99 Å². The lowest BCUT2D eigenvalue weighted by atomic mass is 9.78. The van der Waals surface area contributed by atoms with E-state index in [9.17, 15) is 17.9 Å². The molecule has 0 saturated heterocycles. The zero-order valence-electron chi connectivity index (χ0n) is 19.9. The molecule has 1 heterocycles. The van der Waals surface area contributed by atoms with Crippen molar-refractivity contribution in [3.05, 3.63) is 65.0 Å². The van der Waals surface area contributed by atoms with E-state index in [1.807, 2.05) is 6.07 Å². The molecule has 2 aromatic carbocycles. The topological polar surface area (TPSA) is 90.8 Å². The molecule has 1 fully saturated rings. The normalized spacial score (nSPS) is 26.1. The Morgan fingerprint density at radius 2 is 1.74 bits per heavy atom. The minimum absolute atomic E-state index is 0.0877. The highest BCUT2D eigenvalue weighted by Gasteiger charge is 2.35. The van der Waals surface area contributed by atoms with Gasteiger partial charge in [0.15, 0.2) is 0 Å². The molecule has 6 nitrogen and oxygen atoms in total. The second kappa shape index (κ2) is 10.4. The summed E-state index contributed by atoms with van der Waals surface area (Å²) in [5, 5.41) is 13.0. The summed E-state index contributed by atoms with van der Waals surface area (Å²) in [7, 11) is -3.83. The number of fused-ring (bicyclic) bond motifs is 3. The van der Waals surface area contributed by atoms with E-state index in [1.54, 1.807) is 0 Å². The maximum atomic E-state index is 13.9. The van der Waals surface area contributed by atoms with E-state index in [0.29, 0.717) is 24.4 Å². The summed E-state index contributed by atoms with van der Waals surface area (Å²) in [5.41, 5.74) is 3.73. The molecule has 0 aromatic heterocycles. The summed E-state index contributed by atoms with van der Waals surface area (Å²) in [5.74, 6) is 1.66. The number of amidine groups is 1. The first kappa shape index (κ1) is 24.4. The molecule has 0 spiro atoms. The number of benzene rings is 2. The number of nitrogens with zero attached hydrogens (tertiary/aromatic N) is 1. The first-order valence-corrected chi connectivity index (χ1v) is 14.2. The summed E-state index contributed by atoms with van der Waals surface area (Å²) in [4.78, 5) is 4.71. The van der Waals surface area contributed by atoms with Gasteiger partial charge in [0.2, 0.25) is 10.0 Å². The van der Waals surface area contributed by atoms with Crippen molar-refractivity contribution >= 4 is 15.9 Å². The number of halogens is 1. The van der Waals surface area contributed by atoms with Crippen molar-refractivity contribution in [2.45, 2.75) is 68.4 Å². The molecule has 0 bridgehead atoms. The first-order chi connectivity index (χ1) is 16.9. The highest BCUT2D eigenvalue weighted by Crippen LogP contribution is 2.40. The predicted molar refractivity (Wildman–Crippen MR) is 134 cm³/mol. The minimum atomic E-state index is -3.83. The maximum Gasteiger partial charge on any atom is 0.243 e. The highest BCUT2D eigenvalue weighted by atomic mass is 32.2. The van der Waals surface area contributed by atoms with Crippen LogP contribution in [0.2, 0.25) is 0 Å². The van der Waals surface area contributed by atoms with Crippen LogP contribution in [0.5, 0.6) is 0 Å². The molecule has 0 unspecified atom stereocenters. The third-order valence-corrected chi connectivity index (χ3v) is 9.40. The quantitative estimate of drug-likeness (QED) is 0.539. The first-order valence-electron chi connectivity index (χ1n) is 12.7. The monoisotopic (exact) mass is 499 g/mol. The van der Waals surface area contributed by atoms with Gasteiger partial charge in [-0.1, -0.05) is 30.3 Å². The van der Waals surface area contributed by atoms with Gasteiger partial charge in [-0.3, -0.25) is 4.99 Å². The van der Waals surface area contributed by atoms with Gasteiger partial charge >= 0.3 is 0 Å². The van der Waals surface area contributed by atoms with Crippen molar-refractivity contribution in [1.82, 2.24) is 10.0 Å². The maximum absolute atomic E-state index is 13.9. The van der Waals surface area contributed by atoms with E-state index in [2.05, 4.69) is 22.2 Å². The lowest BCUT2D eigenvalue weighted by Crippen LogP contribution is -2.34. The molecule has 2 aromatic rings. The largest absolute Gasteiger partial charge is 0.392 e. The second-order valence-corrected chi connectivity index (χ2v) is 12.0. The number of sulfonamides is 1. The molecule has 0 radical (unpaired) electrons. The predicted octanol–water partition coefficient (Wildman–Crippen LogP) is 3.89. The lowest BCUT2D eigenvalue weighted by Gasteiger charge is -2.29. The van der Waals surface area contributed by atoms with Gasteiger partial charge in [-0.15, -0.1) is 0 Å². The molecular formula is C27H34FN3O3S. The van der Waals surface area contributed by atoms with Crippen LogP contribution in [-0.4, -0.2) is 38.5 Å². The van der Waals surface area contributed by atoms with Crippen LogP contribution in [0.1, 0.15) is 61.1 Å². The van der Waals surface area contributed by atoms with Crippen molar-refractivity contribution < 1.29 is 17.9 Å². The van der Waals surface area contributed by atoms with Crippen LogP contribution >= 0.6 is 0 Å². The summed E-state index contributed by atoms with van der Waals surface area (Å²) in [6.45, 7) is 1.34. The number of aryl methyl sites for hydroxylation is 1. The van der Waals surface area contributed by atoms with Crippen molar-refractivity contribution in [1.29, 1.82) is 0 Å². The number of aliphatic hydroxyl groups is 1. The molecule has 3 aliphatic rings. The molecule has 2 aliphatic carbocycles. The Balaban J connectivity index is 1.07. The Bertz CT molecular complexity index is 1190. The van der Waals surface area contributed by atoms with Gasteiger partial charge in [0.1, 0.15) is 10.7 Å².